The molecule has 0 saturated heterocycles. The van der Waals surface area contributed by atoms with Crippen LogP contribution in [0.2, 0.25) is 36.3 Å². The van der Waals surface area contributed by atoms with E-state index >= 15 is 0 Å². The molecule has 0 bridgehead atoms. The average molecular weight is 373 g/mol. The highest BCUT2D eigenvalue weighted by atomic mass is 28.4. The Morgan fingerprint density at radius 3 is 1.71 bits per heavy atom. The minimum atomic E-state index is -1.90. The summed E-state index contributed by atoms with van der Waals surface area (Å²) in [6.07, 6.45) is 0.895. The molecular formula is C19H40O3Si2. The van der Waals surface area contributed by atoms with Crippen LogP contribution >= 0.6 is 0 Å². The lowest BCUT2D eigenvalue weighted by Gasteiger charge is -2.46. The molecule has 0 aromatic rings. The lowest BCUT2D eigenvalue weighted by molar-refractivity contribution is 0.0269. The Labute approximate surface area is 152 Å². The van der Waals surface area contributed by atoms with Gasteiger partial charge in [-0.2, -0.15) is 0 Å². The Kier molecular flexibility index (Phi) is 6.43. The average Bonchev–Trinajstić information content (AvgIpc) is 2.31. The highest BCUT2D eigenvalue weighted by Gasteiger charge is 2.45. The van der Waals surface area contributed by atoms with Crippen molar-refractivity contribution in [1.82, 2.24) is 0 Å². The third kappa shape index (κ3) is 5.04. The second kappa shape index (κ2) is 6.99. The van der Waals surface area contributed by atoms with Crippen LogP contribution in [0.5, 0.6) is 0 Å². The first kappa shape index (κ1) is 22.1. The number of hydrogen-bond acceptors (Lipinski definition) is 3. The maximum Gasteiger partial charge on any atom is 0.192 e. The molecule has 1 rings (SSSR count). The Bertz CT molecular complexity index is 458. The fourth-order valence-corrected chi connectivity index (χ4v) is 5.14. The predicted molar refractivity (Wildman–Crippen MR) is 109 cm³/mol. The maximum absolute atomic E-state index is 10.5. The topological polar surface area (TPSA) is 38.7 Å². The lowest BCUT2D eigenvalue weighted by atomic mass is 9.89. The van der Waals surface area contributed by atoms with Gasteiger partial charge >= 0.3 is 0 Å². The van der Waals surface area contributed by atoms with Crippen LogP contribution in [0.1, 0.15) is 54.4 Å². The number of aliphatic hydroxyl groups excluding tert-OH is 1. The second-order valence-electron chi connectivity index (χ2n) is 10.4. The van der Waals surface area contributed by atoms with Gasteiger partial charge in [0.15, 0.2) is 16.6 Å². The molecule has 1 aliphatic carbocycles. The molecule has 0 heterocycles. The molecule has 24 heavy (non-hydrogen) atoms. The largest absolute Gasteiger partial charge is 0.414 e. The molecule has 1 saturated carbocycles. The third-order valence-corrected chi connectivity index (χ3v) is 15.3. The van der Waals surface area contributed by atoms with Crippen molar-refractivity contribution in [3.05, 3.63) is 12.2 Å². The van der Waals surface area contributed by atoms with Crippen LogP contribution in [-0.4, -0.2) is 40.1 Å². The van der Waals surface area contributed by atoms with Gasteiger partial charge in [-0.3, -0.25) is 0 Å². The summed E-state index contributed by atoms with van der Waals surface area (Å²) in [7, 11) is -3.76. The predicted octanol–water partition coefficient (Wildman–Crippen LogP) is 5.48. The van der Waals surface area contributed by atoms with Gasteiger partial charge in [-0.05, 0) is 41.8 Å². The fourth-order valence-electron chi connectivity index (χ4n) is 2.45. The van der Waals surface area contributed by atoms with Gasteiger partial charge in [0.2, 0.25) is 0 Å². The molecule has 0 amide bonds. The third-order valence-electron chi connectivity index (χ3n) is 6.32. The summed E-state index contributed by atoms with van der Waals surface area (Å²) < 4.78 is 13.1. The highest BCUT2D eigenvalue weighted by Crippen LogP contribution is 2.42. The molecule has 0 radical (unpaired) electrons. The first-order chi connectivity index (χ1) is 10.5. The van der Waals surface area contributed by atoms with Crippen LogP contribution in [0, 0.1) is 0 Å². The van der Waals surface area contributed by atoms with E-state index in [-0.39, 0.29) is 22.3 Å². The van der Waals surface area contributed by atoms with Crippen LogP contribution in [0.25, 0.3) is 0 Å². The van der Waals surface area contributed by atoms with Crippen molar-refractivity contribution >= 4 is 16.6 Å². The molecule has 0 aliphatic heterocycles. The van der Waals surface area contributed by atoms with E-state index in [9.17, 15) is 5.11 Å². The van der Waals surface area contributed by atoms with E-state index in [1.165, 1.54) is 0 Å². The zero-order valence-electron chi connectivity index (χ0n) is 17.6. The maximum atomic E-state index is 10.5. The van der Waals surface area contributed by atoms with Crippen molar-refractivity contribution < 1.29 is 14.0 Å². The summed E-state index contributed by atoms with van der Waals surface area (Å²) in [5, 5.41) is 10.8. The molecule has 1 aliphatic rings. The number of aliphatic hydroxyl groups is 1. The minimum absolute atomic E-state index is 0.0566. The van der Waals surface area contributed by atoms with Crippen LogP contribution in [0.4, 0.5) is 0 Å². The fraction of sp³-hybridized carbons (Fsp3) is 0.895. The van der Waals surface area contributed by atoms with Crippen molar-refractivity contribution in [2.45, 2.75) is 109 Å². The minimum Gasteiger partial charge on any atom is -0.414 e. The van der Waals surface area contributed by atoms with Gasteiger partial charge in [-0.15, -0.1) is 0 Å². The molecule has 0 aromatic heterocycles. The van der Waals surface area contributed by atoms with Gasteiger partial charge in [0.1, 0.15) is 0 Å². The van der Waals surface area contributed by atoms with Crippen molar-refractivity contribution in [3.63, 3.8) is 0 Å². The zero-order valence-corrected chi connectivity index (χ0v) is 19.6. The summed E-state index contributed by atoms with van der Waals surface area (Å²) >= 11 is 0. The number of rotatable bonds is 4. The summed E-state index contributed by atoms with van der Waals surface area (Å²) in [6.45, 7) is 26.7. The van der Waals surface area contributed by atoms with Crippen LogP contribution in [-0.2, 0) is 8.85 Å². The van der Waals surface area contributed by atoms with Crippen molar-refractivity contribution in [3.8, 4) is 0 Å². The molecule has 0 spiro atoms. The molecule has 3 atom stereocenters. The summed E-state index contributed by atoms with van der Waals surface area (Å²) in [4.78, 5) is 0. The highest BCUT2D eigenvalue weighted by molar-refractivity contribution is 6.74. The van der Waals surface area contributed by atoms with E-state index in [0.717, 1.165) is 12.0 Å². The van der Waals surface area contributed by atoms with E-state index in [2.05, 4.69) is 74.3 Å². The molecule has 142 valence electrons. The standard InChI is InChI=1S/C19H40O3Si2/c1-14-16(20)12-15(21-23(8,9)18(2,3)4)13-17(14)22-24(10,11)19(5,6)7/h15-17,20H,1,12-13H2,2-11H3/t15-,16-,17+/m1/s1. The molecule has 1 N–H and O–H groups in total. The molecule has 0 unspecified atom stereocenters. The second-order valence-corrected chi connectivity index (χ2v) is 19.9. The van der Waals surface area contributed by atoms with E-state index in [1.807, 2.05) is 0 Å². The number of hydrogen-bond donors (Lipinski definition) is 1. The molecule has 3 nitrogen and oxygen atoms in total. The Balaban J connectivity index is 2.91. The monoisotopic (exact) mass is 372 g/mol. The summed E-state index contributed by atoms with van der Waals surface area (Å²) in [5.74, 6) is 0. The van der Waals surface area contributed by atoms with Gasteiger partial charge in [0.05, 0.1) is 18.3 Å². The Hall–Kier alpha value is 0.0538. The Morgan fingerprint density at radius 2 is 1.29 bits per heavy atom. The summed E-state index contributed by atoms with van der Waals surface area (Å²) in [5.41, 5.74) is 0.829. The van der Waals surface area contributed by atoms with Crippen molar-refractivity contribution in [2.24, 2.45) is 0 Å². The van der Waals surface area contributed by atoms with Gasteiger partial charge in [0, 0.05) is 12.8 Å². The van der Waals surface area contributed by atoms with Crippen molar-refractivity contribution in [2.75, 3.05) is 0 Å². The lowest BCUT2D eigenvalue weighted by Crippen LogP contribution is -2.51. The molecule has 1 fully saturated rings. The van der Waals surface area contributed by atoms with Gasteiger partial charge in [-0.25, -0.2) is 0 Å². The van der Waals surface area contributed by atoms with Gasteiger partial charge < -0.3 is 14.0 Å². The quantitative estimate of drug-likeness (QED) is 0.524. The van der Waals surface area contributed by atoms with Gasteiger partial charge in [0.25, 0.3) is 0 Å². The SMILES string of the molecule is C=C1[C@H](O)C[C@@H](O[Si](C)(C)C(C)(C)C)C[C@@H]1O[Si](C)(C)C(C)(C)C. The van der Waals surface area contributed by atoms with Crippen LogP contribution in [0.15, 0.2) is 12.2 Å². The smallest absolute Gasteiger partial charge is 0.192 e. The molecule has 5 heteroatoms. The molecule has 0 aromatic carbocycles. The normalized spacial score (nSPS) is 27.5. The van der Waals surface area contributed by atoms with Crippen LogP contribution < -0.4 is 0 Å². The van der Waals surface area contributed by atoms with E-state index < -0.39 is 22.7 Å². The van der Waals surface area contributed by atoms with E-state index in [4.69, 9.17) is 8.85 Å². The molecular weight excluding hydrogens is 332 g/mol. The van der Waals surface area contributed by atoms with E-state index in [0.29, 0.717) is 6.42 Å². The Morgan fingerprint density at radius 1 is 0.875 bits per heavy atom. The van der Waals surface area contributed by atoms with Gasteiger partial charge in [-0.1, -0.05) is 48.1 Å². The first-order valence-electron chi connectivity index (χ1n) is 9.20. The van der Waals surface area contributed by atoms with E-state index in [1.54, 1.807) is 0 Å². The van der Waals surface area contributed by atoms with Crippen molar-refractivity contribution in [1.29, 1.82) is 0 Å². The zero-order chi connectivity index (χ0) is 19.1. The first-order valence-corrected chi connectivity index (χ1v) is 15.0. The summed E-state index contributed by atoms with van der Waals surface area (Å²) in [6, 6.07) is 0. The van der Waals surface area contributed by atoms with Crippen LogP contribution in [0.3, 0.4) is 0 Å².